The topological polar surface area (TPSA) is 63.2 Å². The van der Waals surface area contributed by atoms with Crippen LogP contribution in [0.3, 0.4) is 0 Å². The molecule has 0 aliphatic heterocycles. The number of hydrogen-bond acceptors (Lipinski definition) is 3. The summed E-state index contributed by atoms with van der Waals surface area (Å²) in [5.41, 5.74) is 0.157. The number of amides is 1. The molecule has 0 heterocycles. The molecule has 0 bridgehead atoms. The van der Waals surface area contributed by atoms with Crippen LogP contribution in [0.2, 0.25) is 0 Å². The second-order valence-corrected chi connectivity index (χ2v) is 10.9. The van der Waals surface area contributed by atoms with Crippen molar-refractivity contribution in [1.29, 1.82) is 0 Å². The van der Waals surface area contributed by atoms with Crippen LogP contribution in [0.4, 0.5) is 0 Å². The van der Waals surface area contributed by atoms with Crippen LogP contribution in [-0.4, -0.2) is 23.5 Å². The zero-order valence-electron chi connectivity index (χ0n) is 17.8. The molecule has 4 aliphatic rings. The van der Waals surface area contributed by atoms with Crippen molar-refractivity contribution in [3.8, 4) is 0 Å². The Morgan fingerprint density at radius 2 is 1.86 bits per heavy atom. The van der Waals surface area contributed by atoms with Gasteiger partial charge < -0.3 is 5.32 Å². The van der Waals surface area contributed by atoms with E-state index in [1.165, 1.54) is 0 Å². The highest BCUT2D eigenvalue weighted by Gasteiger charge is 2.60. The van der Waals surface area contributed by atoms with Gasteiger partial charge in [-0.25, -0.2) is 0 Å². The summed E-state index contributed by atoms with van der Waals surface area (Å²) in [5.74, 6) is 1.66. The SMILES string of the molecule is CC(C)(C)C(=O)N[C@H]1C[C@@H]2[C@H](CC[C@]3(C)C(=O)CC[C@@H]23)[C@@]2(C)C=CC(=O)C=C12. The van der Waals surface area contributed by atoms with Gasteiger partial charge in [-0.3, -0.25) is 14.4 Å². The molecular formula is C24H33NO3. The number of Topliss-reactive ketones (excluding diaryl/α,β-unsaturated/α-hetero) is 1. The Hall–Kier alpha value is -1.71. The minimum Gasteiger partial charge on any atom is -0.349 e. The molecule has 0 unspecified atom stereocenters. The van der Waals surface area contributed by atoms with Crippen molar-refractivity contribution in [1.82, 2.24) is 5.32 Å². The molecule has 0 spiro atoms. The predicted octanol–water partition coefficient (Wildman–Crippen LogP) is 4.00. The number of rotatable bonds is 1. The molecule has 0 aromatic carbocycles. The highest BCUT2D eigenvalue weighted by Crippen LogP contribution is 2.63. The smallest absolute Gasteiger partial charge is 0.225 e. The Morgan fingerprint density at radius 1 is 1.14 bits per heavy atom. The molecule has 4 heteroatoms. The van der Waals surface area contributed by atoms with E-state index in [1.807, 2.05) is 20.8 Å². The maximum atomic E-state index is 12.8. The molecule has 28 heavy (non-hydrogen) atoms. The summed E-state index contributed by atoms with van der Waals surface area (Å²) >= 11 is 0. The van der Waals surface area contributed by atoms with E-state index in [1.54, 1.807) is 12.2 Å². The number of ketones is 2. The van der Waals surface area contributed by atoms with Crippen LogP contribution >= 0.6 is 0 Å². The number of fused-ring (bicyclic) bond motifs is 5. The van der Waals surface area contributed by atoms with Gasteiger partial charge in [-0.2, -0.15) is 0 Å². The van der Waals surface area contributed by atoms with Gasteiger partial charge >= 0.3 is 0 Å². The van der Waals surface area contributed by atoms with Crippen LogP contribution in [0.5, 0.6) is 0 Å². The van der Waals surface area contributed by atoms with Crippen molar-refractivity contribution >= 4 is 17.5 Å². The van der Waals surface area contributed by atoms with Gasteiger partial charge in [-0.1, -0.05) is 40.7 Å². The first-order valence-electron chi connectivity index (χ1n) is 10.8. The molecule has 0 saturated heterocycles. The van der Waals surface area contributed by atoms with Crippen molar-refractivity contribution in [2.75, 3.05) is 0 Å². The van der Waals surface area contributed by atoms with E-state index in [0.29, 0.717) is 30.0 Å². The van der Waals surface area contributed by atoms with Gasteiger partial charge in [0.1, 0.15) is 5.78 Å². The first kappa shape index (κ1) is 19.6. The molecule has 1 amide bonds. The van der Waals surface area contributed by atoms with Crippen LogP contribution < -0.4 is 5.32 Å². The van der Waals surface area contributed by atoms with Crippen LogP contribution in [-0.2, 0) is 14.4 Å². The van der Waals surface area contributed by atoms with Gasteiger partial charge in [0.2, 0.25) is 5.91 Å². The second kappa shape index (κ2) is 6.14. The molecule has 3 fully saturated rings. The zero-order valence-corrected chi connectivity index (χ0v) is 17.8. The predicted molar refractivity (Wildman–Crippen MR) is 108 cm³/mol. The van der Waals surface area contributed by atoms with Crippen molar-refractivity contribution in [3.05, 3.63) is 23.8 Å². The highest BCUT2D eigenvalue weighted by atomic mass is 16.2. The van der Waals surface area contributed by atoms with E-state index in [2.05, 4.69) is 25.2 Å². The Morgan fingerprint density at radius 3 is 2.54 bits per heavy atom. The fourth-order valence-electron chi connectivity index (χ4n) is 6.56. The summed E-state index contributed by atoms with van der Waals surface area (Å²) in [5, 5.41) is 3.26. The van der Waals surface area contributed by atoms with Gasteiger partial charge in [0.25, 0.3) is 0 Å². The third-order valence-corrected chi connectivity index (χ3v) is 8.30. The molecule has 4 rings (SSSR count). The third-order valence-electron chi connectivity index (χ3n) is 8.30. The number of hydrogen-bond donors (Lipinski definition) is 1. The van der Waals surface area contributed by atoms with E-state index in [0.717, 1.165) is 31.3 Å². The Balaban J connectivity index is 1.73. The standard InChI is InChI=1S/C24H33NO3/c1-22(2,3)21(28)25-19-13-15-16-6-7-20(27)24(16,5)11-9-17(15)23(4)10-8-14(26)12-18(19)23/h8,10,12,15-17,19H,6-7,9,11,13H2,1-5H3,(H,25,28)/t15-,16-,17-,19-,23+,24-/m0/s1. The molecule has 4 nitrogen and oxygen atoms in total. The van der Waals surface area contributed by atoms with Crippen LogP contribution in [0.25, 0.3) is 0 Å². The summed E-state index contributed by atoms with van der Waals surface area (Å²) in [6.45, 7) is 10.1. The summed E-state index contributed by atoms with van der Waals surface area (Å²) in [6.07, 6.45) is 9.99. The summed E-state index contributed by atoms with van der Waals surface area (Å²) in [6, 6.07) is -0.134. The van der Waals surface area contributed by atoms with Crippen molar-refractivity contribution in [3.63, 3.8) is 0 Å². The lowest BCUT2D eigenvalue weighted by Crippen LogP contribution is -2.57. The van der Waals surface area contributed by atoms with Crippen molar-refractivity contribution < 1.29 is 14.4 Å². The Labute approximate surface area is 168 Å². The maximum absolute atomic E-state index is 12.8. The molecule has 3 saturated carbocycles. The molecule has 152 valence electrons. The fourth-order valence-corrected chi connectivity index (χ4v) is 6.56. The average Bonchev–Trinajstić information content (AvgIpc) is 2.91. The van der Waals surface area contributed by atoms with E-state index >= 15 is 0 Å². The van der Waals surface area contributed by atoms with Crippen LogP contribution in [0.15, 0.2) is 23.8 Å². The monoisotopic (exact) mass is 383 g/mol. The lowest BCUT2D eigenvalue weighted by molar-refractivity contribution is -0.134. The average molecular weight is 384 g/mol. The molecule has 0 radical (unpaired) electrons. The summed E-state index contributed by atoms with van der Waals surface area (Å²) in [7, 11) is 0. The molecule has 0 aromatic rings. The fraction of sp³-hybridized carbons (Fsp3) is 0.708. The zero-order chi connectivity index (χ0) is 20.5. The van der Waals surface area contributed by atoms with Crippen molar-refractivity contribution in [2.45, 2.75) is 72.8 Å². The summed E-state index contributed by atoms with van der Waals surface area (Å²) in [4.78, 5) is 37.7. The quantitative estimate of drug-likeness (QED) is 0.744. The Bertz CT molecular complexity index is 801. The summed E-state index contributed by atoms with van der Waals surface area (Å²) < 4.78 is 0. The molecule has 1 N–H and O–H groups in total. The number of nitrogens with one attached hydrogen (secondary N) is 1. The van der Waals surface area contributed by atoms with E-state index in [4.69, 9.17) is 0 Å². The minimum atomic E-state index is -0.479. The molecule has 6 atom stereocenters. The number of allylic oxidation sites excluding steroid dienone is 3. The lowest BCUT2D eigenvalue weighted by Gasteiger charge is -2.57. The maximum Gasteiger partial charge on any atom is 0.225 e. The van der Waals surface area contributed by atoms with E-state index in [9.17, 15) is 14.4 Å². The first-order chi connectivity index (χ1) is 13.0. The lowest BCUT2D eigenvalue weighted by atomic mass is 9.47. The van der Waals surface area contributed by atoms with Crippen LogP contribution in [0, 0.1) is 34.0 Å². The number of carbonyl (C=O) groups excluding carboxylic acids is 3. The normalized spacial score (nSPS) is 42.4. The van der Waals surface area contributed by atoms with Gasteiger partial charge in [-0.05, 0) is 61.2 Å². The van der Waals surface area contributed by atoms with E-state index < -0.39 is 5.41 Å². The van der Waals surface area contributed by atoms with Gasteiger partial charge in [-0.15, -0.1) is 0 Å². The van der Waals surface area contributed by atoms with E-state index in [-0.39, 0.29) is 28.6 Å². The minimum absolute atomic E-state index is 0.0117. The second-order valence-electron chi connectivity index (χ2n) is 10.9. The molecule has 0 aromatic heterocycles. The van der Waals surface area contributed by atoms with Crippen molar-refractivity contribution in [2.24, 2.45) is 34.0 Å². The van der Waals surface area contributed by atoms with Gasteiger partial charge in [0.05, 0.1) is 6.04 Å². The molecule has 4 aliphatic carbocycles. The van der Waals surface area contributed by atoms with Gasteiger partial charge in [0.15, 0.2) is 5.78 Å². The highest BCUT2D eigenvalue weighted by molar-refractivity contribution is 6.01. The van der Waals surface area contributed by atoms with Crippen LogP contribution in [0.1, 0.15) is 66.7 Å². The third kappa shape index (κ3) is 2.74. The van der Waals surface area contributed by atoms with Gasteiger partial charge in [0, 0.05) is 22.7 Å². The Kier molecular flexibility index (Phi) is 4.30. The largest absolute Gasteiger partial charge is 0.349 e. The number of carbonyl (C=O) groups is 3. The first-order valence-corrected chi connectivity index (χ1v) is 10.8. The molecular weight excluding hydrogens is 350 g/mol.